The van der Waals surface area contributed by atoms with Crippen LogP contribution in [0.15, 0.2) is 41.1 Å². The van der Waals surface area contributed by atoms with Gasteiger partial charge in [-0.1, -0.05) is 18.2 Å². The molecule has 1 heterocycles. The van der Waals surface area contributed by atoms with E-state index in [2.05, 4.69) is 10.6 Å². The molecular formula is C15H18N2O2S. The standard InChI is InChI=1S/C15H18N2O2S/c1-11-4-2-3-5-13(11)17-15(19)16-8-6-14(18)12-7-9-20-10-12/h2-5,7,9-10,14,18H,6,8H2,1H3,(H2,16,17,19). The molecule has 1 aromatic heterocycles. The van der Waals surface area contributed by atoms with Crippen LogP contribution in [0.1, 0.15) is 23.7 Å². The number of urea groups is 1. The van der Waals surface area contributed by atoms with Crippen LogP contribution in [0.4, 0.5) is 10.5 Å². The second-order valence-electron chi connectivity index (χ2n) is 4.56. The summed E-state index contributed by atoms with van der Waals surface area (Å²) in [5.41, 5.74) is 2.71. The van der Waals surface area contributed by atoms with Gasteiger partial charge >= 0.3 is 6.03 Å². The minimum atomic E-state index is -0.528. The van der Waals surface area contributed by atoms with Crippen molar-refractivity contribution in [3.8, 4) is 0 Å². The van der Waals surface area contributed by atoms with Crippen molar-refractivity contribution in [2.45, 2.75) is 19.4 Å². The third-order valence-corrected chi connectivity index (χ3v) is 3.73. The van der Waals surface area contributed by atoms with Crippen LogP contribution in [-0.4, -0.2) is 17.7 Å². The first-order valence-electron chi connectivity index (χ1n) is 6.47. The zero-order valence-electron chi connectivity index (χ0n) is 11.3. The number of hydrogen-bond donors (Lipinski definition) is 3. The lowest BCUT2D eigenvalue weighted by Gasteiger charge is -2.12. The highest BCUT2D eigenvalue weighted by atomic mass is 32.1. The highest BCUT2D eigenvalue weighted by Gasteiger charge is 2.09. The molecule has 0 bridgehead atoms. The third kappa shape index (κ3) is 4.08. The molecule has 2 amide bonds. The van der Waals surface area contributed by atoms with Crippen molar-refractivity contribution in [1.82, 2.24) is 5.32 Å². The van der Waals surface area contributed by atoms with Gasteiger partial charge in [0.05, 0.1) is 6.10 Å². The van der Waals surface area contributed by atoms with E-state index in [4.69, 9.17) is 0 Å². The third-order valence-electron chi connectivity index (χ3n) is 3.02. The maximum atomic E-state index is 11.7. The van der Waals surface area contributed by atoms with Crippen LogP contribution in [0.25, 0.3) is 0 Å². The lowest BCUT2D eigenvalue weighted by molar-refractivity contribution is 0.168. The Balaban J connectivity index is 1.74. The Morgan fingerprint density at radius 1 is 1.35 bits per heavy atom. The molecule has 4 nitrogen and oxygen atoms in total. The van der Waals surface area contributed by atoms with Gasteiger partial charge in [0.25, 0.3) is 0 Å². The second kappa shape index (κ2) is 7.07. The number of para-hydroxylation sites is 1. The van der Waals surface area contributed by atoms with E-state index >= 15 is 0 Å². The number of benzene rings is 1. The van der Waals surface area contributed by atoms with Crippen molar-refractivity contribution >= 4 is 23.1 Å². The fourth-order valence-electron chi connectivity index (χ4n) is 1.83. The quantitative estimate of drug-likeness (QED) is 0.791. The van der Waals surface area contributed by atoms with Gasteiger partial charge in [0.1, 0.15) is 0 Å². The maximum Gasteiger partial charge on any atom is 0.319 e. The van der Waals surface area contributed by atoms with Gasteiger partial charge in [-0.25, -0.2) is 4.79 Å². The summed E-state index contributed by atoms with van der Waals surface area (Å²) in [6.45, 7) is 2.37. The number of aliphatic hydroxyl groups is 1. The van der Waals surface area contributed by atoms with Crippen molar-refractivity contribution in [3.05, 3.63) is 52.2 Å². The first kappa shape index (κ1) is 14.6. The average molecular weight is 290 g/mol. The van der Waals surface area contributed by atoms with Gasteiger partial charge in [-0.2, -0.15) is 11.3 Å². The molecule has 2 aromatic rings. The van der Waals surface area contributed by atoms with Gasteiger partial charge in [0, 0.05) is 12.2 Å². The van der Waals surface area contributed by atoms with Crippen molar-refractivity contribution < 1.29 is 9.90 Å². The van der Waals surface area contributed by atoms with Crippen molar-refractivity contribution in [1.29, 1.82) is 0 Å². The second-order valence-corrected chi connectivity index (χ2v) is 5.34. The lowest BCUT2D eigenvalue weighted by Crippen LogP contribution is -2.30. The maximum absolute atomic E-state index is 11.7. The Morgan fingerprint density at radius 3 is 2.85 bits per heavy atom. The summed E-state index contributed by atoms with van der Waals surface area (Å²) in [6, 6.07) is 9.24. The Bertz CT molecular complexity index is 555. The van der Waals surface area contributed by atoms with Gasteiger partial charge in [-0.15, -0.1) is 0 Å². The van der Waals surface area contributed by atoms with E-state index < -0.39 is 6.10 Å². The summed E-state index contributed by atoms with van der Waals surface area (Å²) in [5, 5.41) is 19.3. The molecule has 20 heavy (non-hydrogen) atoms. The molecule has 5 heteroatoms. The smallest absolute Gasteiger partial charge is 0.319 e. The molecule has 1 atom stereocenters. The summed E-state index contributed by atoms with van der Waals surface area (Å²) in [5.74, 6) is 0. The summed E-state index contributed by atoms with van der Waals surface area (Å²) in [7, 11) is 0. The number of hydrogen-bond acceptors (Lipinski definition) is 3. The molecule has 0 aliphatic rings. The minimum Gasteiger partial charge on any atom is -0.388 e. The number of nitrogens with one attached hydrogen (secondary N) is 2. The molecule has 2 rings (SSSR count). The van der Waals surface area contributed by atoms with Crippen molar-refractivity contribution in [2.24, 2.45) is 0 Å². The van der Waals surface area contributed by atoms with Gasteiger partial charge in [0.2, 0.25) is 0 Å². The summed E-state index contributed by atoms with van der Waals surface area (Å²) >= 11 is 1.55. The van der Waals surface area contributed by atoms with E-state index in [-0.39, 0.29) is 6.03 Å². The molecule has 0 saturated carbocycles. The average Bonchev–Trinajstić information content (AvgIpc) is 2.95. The largest absolute Gasteiger partial charge is 0.388 e. The molecule has 1 unspecified atom stereocenters. The van der Waals surface area contributed by atoms with Crippen LogP contribution in [0, 0.1) is 6.92 Å². The molecule has 3 N–H and O–H groups in total. The molecule has 0 saturated heterocycles. The Labute approximate surface area is 122 Å². The highest BCUT2D eigenvalue weighted by Crippen LogP contribution is 2.18. The van der Waals surface area contributed by atoms with Crippen LogP contribution in [0.2, 0.25) is 0 Å². The first-order chi connectivity index (χ1) is 9.66. The van der Waals surface area contributed by atoms with Crippen LogP contribution in [0.3, 0.4) is 0 Å². The van der Waals surface area contributed by atoms with E-state index in [0.717, 1.165) is 16.8 Å². The predicted molar refractivity (Wildman–Crippen MR) is 82.1 cm³/mol. The fraction of sp³-hybridized carbons (Fsp3) is 0.267. The normalized spacial score (nSPS) is 11.9. The monoisotopic (exact) mass is 290 g/mol. The van der Waals surface area contributed by atoms with E-state index in [1.54, 1.807) is 11.3 Å². The Morgan fingerprint density at radius 2 is 2.15 bits per heavy atom. The van der Waals surface area contributed by atoms with Crippen LogP contribution in [-0.2, 0) is 0 Å². The number of aliphatic hydroxyl groups excluding tert-OH is 1. The molecular weight excluding hydrogens is 272 g/mol. The Kier molecular flexibility index (Phi) is 5.15. The molecule has 0 aliphatic heterocycles. The van der Waals surface area contributed by atoms with Gasteiger partial charge in [-0.3, -0.25) is 0 Å². The zero-order chi connectivity index (χ0) is 14.4. The van der Waals surface area contributed by atoms with E-state index in [9.17, 15) is 9.90 Å². The molecule has 106 valence electrons. The topological polar surface area (TPSA) is 61.4 Å². The molecule has 0 aliphatic carbocycles. The van der Waals surface area contributed by atoms with E-state index in [0.29, 0.717) is 13.0 Å². The molecule has 0 fully saturated rings. The van der Waals surface area contributed by atoms with Crippen LogP contribution < -0.4 is 10.6 Å². The lowest BCUT2D eigenvalue weighted by atomic mass is 10.1. The molecule has 1 aromatic carbocycles. The van der Waals surface area contributed by atoms with Gasteiger partial charge in [-0.05, 0) is 47.4 Å². The van der Waals surface area contributed by atoms with E-state index in [1.165, 1.54) is 0 Å². The number of aryl methyl sites for hydroxylation is 1. The van der Waals surface area contributed by atoms with Crippen LogP contribution in [0.5, 0.6) is 0 Å². The summed E-state index contributed by atoms with van der Waals surface area (Å²) in [6.07, 6.45) is -0.0298. The summed E-state index contributed by atoms with van der Waals surface area (Å²) < 4.78 is 0. The SMILES string of the molecule is Cc1ccccc1NC(=O)NCCC(O)c1ccsc1. The number of amides is 2. The van der Waals surface area contributed by atoms with Gasteiger partial charge < -0.3 is 15.7 Å². The summed E-state index contributed by atoms with van der Waals surface area (Å²) in [4.78, 5) is 11.7. The van der Waals surface area contributed by atoms with Crippen LogP contribution >= 0.6 is 11.3 Å². The number of anilines is 1. The first-order valence-corrected chi connectivity index (χ1v) is 7.42. The number of carbonyl (C=O) groups excluding carboxylic acids is 1. The van der Waals surface area contributed by atoms with Crippen molar-refractivity contribution in [2.75, 3.05) is 11.9 Å². The van der Waals surface area contributed by atoms with Gasteiger partial charge in [0.15, 0.2) is 0 Å². The number of carbonyl (C=O) groups is 1. The fourth-order valence-corrected chi connectivity index (χ4v) is 2.54. The zero-order valence-corrected chi connectivity index (χ0v) is 12.1. The number of rotatable bonds is 5. The van der Waals surface area contributed by atoms with Crippen molar-refractivity contribution in [3.63, 3.8) is 0 Å². The molecule has 0 spiro atoms. The number of thiophene rings is 1. The molecule has 0 radical (unpaired) electrons. The minimum absolute atomic E-state index is 0.253. The Hall–Kier alpha value is -1.85. The predicted octanol–water partition coefficient (Wildman–Crippen LogP) is 3.30. The van der Waals surface area contributed by atoms with E-state index in [1.807, 2.05) is 48.0 Å². The highest BCUT2D eigenvalue weighted by molar-refractivity contribution is 7.07.